The molecule has 1 amide bonds. The van der Waals surface area contributed by atoms with Crippen LogP contribution in [0, 0.1) is 5.82 Å². The van der Waals surface area contributed by atoms with Crippen molar-refractivity contribution >= 4 is 27.1 Å². The van der Waals surface area contributed by atoms with Crippen LogP contribution in [0.1, 0.15) is 12.0 Å². The normalized spacial score (nSPS) is 16.9. The second-order valence-electron chi connectivity index (χ2n) is 5.63. The zero-order valence-electron chi connectivity index (χ0n) is 13.3. The third-order valence-corrected chi connectivity index (χ3v) is 4.80. The van der Waals surface area contributed by atoms with Crippen molar-refractivity contribution in [3.8, 4) is 0 Å². The number of oxime groups is 1. The van der Waals surface area contributed by atoms with Crippen LogP contribution in [0.15, 0.2) is 58.6 Å². The summed E-state index contributed by atoms with van der Waals surface area (Å²) in [6.07, 6.45) is 0.502. The van der Waals surface area contributed by atoms with Crippen molar-refractivity contribution in [1.82, 2.24) is 0 Å². The SMILES string of the molecule is CS(=O)(=O)c1ccc(NC(=O)[C@@H]2CC(c3cccc(F)c3)=NO2)cc1. The summed E-state index contributed by atoms with van der Waals surface area (Å²) in [6.45, 7) is 0. The molecule has 0 fully saturated rings. The lowest BCUT2D eigenvalue weighted by Gasteiger charge is -2.10. The molecule has 0 unspecified atom stereocenters. The van der Waals surface area contributed by atoms with Crippen LogP contribution >= 0.6 is 0 Å². The molecule has 0 aliphatic carbocycles. The van der Waals surface area contributed by atoms with E-state index >= 15 is 0 Å². The van der Waals surface area contributed by atoms with Crippen LogP contribution < -0.4 is 5.32 Å². The van der Waals surface area contributed by atoms with Gasteiger partial charge in [-0.2, -0.15) is 0 Å². The van der Waals surface area contributed by atoms with E-state index in [1.807, 2.05) is 0 Å². The lowest BCUT2D eigenvalue weighted by atomic mass is 10.0. The van der Waals surface area contributed by atoms with E-state index in [9.17, 15) is 17.6 Å². The topological polar surface area (TPSA) is 84.8 Å². The first-order valence-electron chi connectivity index (χ1n) is 7.42. The summed E-state index contributed by atoms with van der Waals surface area (Å²) < 4.78 is 36.1. The fourth-order valence-corrected chi connectivity index (χ4v) is 3.00. The van der Waals surface area contributed by atoms with Crippen LogP contribution in [-0.4, -0.2) is 32.4 Å². The molecule has 0 saturated heterocycles. The highest BCUT2D eigenvalue weighted by molar-refractivity contribution is 7.90. The smallest absolute Gasteiger partial charge is 0.268 e. The van der Waals surface area contributed by atoms with Gasteiger partial charge in [0.15, 0.2) is 9.84 Å². The summed E-state index contributed by atoms with van der Waals surface area (Å²) in [5.74, 6) is -0.804. The Morgan fingerprint density at radius 3 is 2.60 bits per heavy atom. The highest BCUT2D eigenvalue weighted by Gasteiger charge is 2.29. The van der Waals surface area contributed by atoms with Crippen LogP contribution in [0.3, 0.4) is 0 Å². The molecule has 1 aliphatic heterocycles. The summed E-state index contributed by atoms with van der Waals surface area (Å²) in [4.78, 5) is 17.5. The summed E-state index contributed by atoms with van der Waals surface area (Å²) >= 11 is 0. The molecule has 8 heteroatoms. The van der Waals surface area contributed by atoms with Gasteiger partial charge in [0.1, 0.15) is 5.82 Å². The van der Waals surface area contributed by atoms with Gasteiger partial charge in [-0.25, -0.2) is 12.8 Å². The maximum absolute atomic E-state index is 13.3. The standard InChI is InChI=1S/C17H15FN2O4S/c1-25(22,23)14-7-5-13(6-8-14)19-17(21)16-10-15(20-24-16)11-3-2-4-12(18)9-11/h2-9,16H,10H2,1H3,(H,19,21)/t16-/m0/s1. The molecule has 0 bridgehead atoms. The lowest BCUT2D eigenvalue weighted by Crippen LogP contribution is -2.28. The van der Waals surface area contributed by atoms with Crippen molar-refractivity contribution in [2.75, 3.05) is 11.6 Å². The zero-order valence-corrected chi connectivity index (χ0v) is 14.1. The average Bonchev–Trinajstić information content (AvgIpc) is 3.05. The number of nitrogens with one attached hydrogen (secondary N) is 1. The molecule has 130 valence electrons. The van der Waals surface area contributed by atoms with Gasteiger partial charge in [0.05, 0.1) is 10.6 Å². The van der Waals surface area contributed by atoms with E-state index in [2.05, 4.69) is 10.5 Å². The third kappa shape index (κ3) is 4.03. The molecule has 0 aromatic heterocycles. The first-order chi connectivity index (χ1) is 11.8. The molecular formula is C17H15FN2O4S. The fraction of sp³-hybridized carbons (Fsp3) is 0.176. The quantitative estimate of drug-likeness (QED) is 0.905. The van der Waals surface area contributed by atoms with Crippen molar-refractivity contribution < 1.29 is 22.4 Å². The number of nitrogens with zero attached hydrogens (tertiary/aromatic N) is 1. The number of hydrogen-bond donors (Lipinski definition) is 1. The van der Waals surface area contributed by atoms with Crippen LogP contribution in [0.5, 0.6) is 0 Å². The molecule has 2 aromatic rings. The van der Waals surface area contributed by atoms with Gasteiger partial charge in [0.25, 0.3) is 5.91 Å². The fourth-order valence-electron chi connectivity index (χ4n) is 2.36. The Bertz CT molecular complexity index is 939. The number of halogens is 1. The second kappa shape index (κ2) is 6.64. The molecule has 0 saturated carbocycles. The predicted octanol–water partition coefficient (Wildman–Crippen LogP) is 2.36. The number of amides is 1. The van der Waals surface area contributed by atoms with Gasteiger partial charge < -0.3 is 10.2 Å². The summed E-state index contributed by atoms with van der Waals surface area (Å²) in [5.41, 5.74) is 1.50. The number of hydrogen-bond acceptors (Lipinski definition) is 5. The Kier molecular flexibility index (Phi) is 4.54. The minimum absolute atomic E-state index is 0.166. The Morgan fingerprint density at radius 2 is 1.96 bits per heavy atom. The van der Waals surface area contributed by atoms with Crippen LogP contribution in [0.25, 0.3) is 0 Å². The van der Waals surface area contributed by atoms with E-state index in [0.717, 1.165) is 6.26 Å². The lowest BCUT2D eigenvalue weighted by molar-refractivity contribution is -0.125. The van der Waals surface area contributed by atoms with Crippen LogP contribution in [-0.2, 0) is 19.5 Å². The van der Waals surface area contributed by atoms with Crippen molar-refractivity contribution in [2.24, 2.45) is 5.16 Å². The maximum atomic E-state index is 13.3. The second-order valence-corrected chi connectivity index (χ2v) is 7.65. The number of benzene rings is 2. The summed E-state index contributed by atoms with van der Waals surface area (Å²) in [6, 6.07) is 11.7. The van der Waals surface area contributed by atoms with Crippen LogP contribution in [0.2, 0.25) is 0 Å². The highest BCUT2D eigenvalue weighted by atomic mass is 32.2. The molecule has 2 aromatic carbocycles. The number of sulfone groups is 1. The minimum atomic E-state index is -3.29. The van der Waals surface area contributed by atoms with Gasteiger partial charge in [-0.3, -0.25) is 4.79 Å². The predicted molar refractivity (Wildman–Crippen MR) is 90.6 cm³/mol. The van der Waals surface area contributed by atoms with E-state index in [4.69, 9.17) is 4.84 Å². The molecule has 1 heterocycles. The Morgan fingerprint density at radius 1 is 1.24 bits per heavy atom. The van der Waals surface area contributed by atoms with Gasteiger partial charge in [-0.05, 0) is 36.4 Å². The maximum Gasteiger partial charge on any atom is 0.268 e. The molecule has 1 atom stereocenters. The van der Waals surface area contributed by atoms with Gasteiger partial charge in [0.2, 0.25) is 6.10 Å². The first-order valence-corrected chi connectivity index (χ1v) is 9.32. The number of carbonyl (C=O) groups is 1. The molecule has 6 nitrogen and oxygen atoms in total. The molecule has 0 spiro atoms. The molecule has 3 rings (SSSR count). The summed E-state index contributed by atoms with van der Waals surface area (Å²) in [5, 5.41) is 6.49. The third-order valence-electron chi connectivity index (χ3n) is 3.67. The van der Waals surface area contributed by atoms with Gasteiger partial charge in [-0.15, -0.1) is 0 Å². The van der Waals surface area contributed by atoms with Gasteiger partial charge in [0, 0.05) is 23.9 Å². The van der Waals surface area contributed by atoms with Crippen molar-refractivity contribution in [3.63, 3.8) is 0 Å². The molecular weight excluding hydrogens is 347 g/mol. The van der Waals surface area contributed by atoms with E-state index < -0.39 is 21.8 Å². The Balaban J connectivity index is 1.64. The molecule has 1 aliphatic rings. The van der Waals surface area contributed by atoms with Gasteiger partial charge >= 0.3 is 0 Å². The minimum Gasteiger partial charge on any atom is -0.382 e. The molecule has 25 heavy (non-hydrogen) atoms. The van der Waals surface area contributed by atoms with Gasteiger partial charge in [-0.1, -0.05) is 17.3 Å². The average molecular weight is 362 g/mol. The Hall–Kier alpha value is -2.74. The van der Waals surface area contributed by atoms with Crippen molar-refractivity contribution in [3.05, 3.63) is 59.9 Å². The molecule has 0 radical (unpaired) electrons. The number of carbonyl (C=O) groups excluding carboxylic acids is 1. The van der Waals surface area contributed by atoms with Crippen LogP contribution in [0.4, 0.5) is 10.1 Å². The Labute approximate surface area is 144 Å². The zero-order chi connectivity index (χ0) is 18.0. The van der Waals surface area contributed by atoms with Crippen molar-refractivity contribution in [2.45, 2.75) is 17.4 Å². The van der Waals surface area contributed by atoms with E-state index in [1.54, 1.807) is 12.1 Å². The van der Waals surface area contributed by atoms with E-state index in [1.165, 1.54) is 36.4 Å². The monoisotopic (exact) mass is 362 g/mol. The highest BCUT2D eigenvalue weighted by Crippen LogP contribution is 2.20. The van der Waals surface area contributed by atoms with E-state index in [0.29, 0.717) is 17.0 Å². The number of rotatable bonds is 4. The number of anilines is 1. The molecule has 1 N–H and O–H groups in total. The van der Waals surface area contributed by atoms with Crippen molar-refractivity contribution in [1.29, 1.82) is 0 Å². The summed E-state index contributed by atoms with van der Waals surface area (Å²) in [7, 11) is -3.29. The first kappa shape index (κ1) is 17.1. The van der Waals surface area contributed by atoms with E-state index in [-0.39, 0.29) is 17.1 Å². The largest absolute Gasteiger partial charge is 0.382 e.